The highest BCUT2D eigenvalue weighted by Gasteiger charge is 2.18. The van der Waals surface area contributed by atoms with E-state index < -0.39 is 17.2 Å². The Balaban J connectivity index is 2.33. The molecule has 25 heavy (non-hydrogen) atoms. The van der Waals surface area contributed by atoms with E-state index in [1.807, 2.05) is 13.8 Å². The van der Waals surface area contributed by atoms with E-state index in [9.17, 15) is 13.6 Å². The summed E-state index contributed by atoms with van der Waals surface area (Å²) in [7, 11) is 0. The lowest BCUT2D eigenvalue weighted by Crippen LogP contribution is -2.28. The van der Waals surface area contributed by atoms with Gasteiger partial charge in [0.25, 0.3) is 5.56 Å². The van der Waals surface area contributed by atoms with Gasteiger partial charge in [-0.25, -0.2) is 8.78 Å². The summed E-state index contributed by atoms with van der Waals surface area (Å²) in [5, 5.41) is 8.81. The van der Waals surface area contributed by atoms with Gasteiger partial charge in [-0.3, -0.25) is 9.36 Å². The van der Waals surface area contributed by atoms with Crippen LogP contribution in [-0.2, 0) is 13.0 Å². The number of aromatic nitrogens is 2. The highest BCUT2D eigenvalue weighted by atomic mass is 35.5. The number of hydrogen-bond donors (Lipinski definition) is 1. The molecule has 5 nitrogen and oxygen atoms in total. The average molecular weight is 373 g/mol. The zero-order chi connectivity index (χ0) is 18.6. The van der Waals surface area contributed by atoms with Crippen molar-refractivity contribution in [1.29, 1.82) is 0 Å². The van der Waals surface area contributed by atoms with Crippen LogP contribution in [-0.4, -0.2) is 21.3 Å². The number of hydrogen-bond acceptors (Lipinski definition) is 4. The minimum atomic E-state index is -0.757. The number of halogens is 3. The second-order valence-electron chi connectivity index (χ2n) is 5.77. The number of aliphatic hydroxyl groups excluding tert-OH is 1. The predicted octanol–water partition coefficient (Wildman–Crippen LogP) is 3.26. The first kappa shape index (κ1) is 19.3. The molecule has 1 N–H and O–H groups in total. The van der Waals surface area contributed by atoms with Crippen molar-refractivity contribution in [3.63, 3.8) is 0 Å². The third kappa shape index (κ3) is 4.55. The SMILES string of the molecule is CC(C)n1c(CCCO)nc(OCc2ccc(F)cc2F)c(Cl)c1=O. The number of ether oxygens (including phenoxy) is 1. The largest absolute Gasteiger partial charge is 0.471 e. The molecule has 2 aromatic rings. The van der Waals surface area contributed by atoms with E-state index >= 15 is 0 Å². The van der Waals surface area contributed by atoms with Gasteiger partial charge in [-0.1, -0.05) is 11.6 Å². The fourth-order valence-electron chi connectivity index (χ4n) is 2.36. The van der Waals surface area contributed by atoms with Crippen LogP contribution in [0.3, 0.4) is 0 Å². The average Bonchev–Trinajstić information content (AvgIpc) is 2.55. The normalized spacial score (nSPS) is 11.2. The van der Waals surface area contributed by atoms with Crippen molar-refractivity contribution >= 4 is 11.6 Å². The second kappa shape index (κ2) is 8.40. The fraction of sp³-hybridized carbons (Fsp3) is 0.412. The number of nitrogens with zero attached hydrogens (tertiary/aromatic N) is 2. The second-order valence-corrected chi connectivity index (χ2v) is 6.15. The number of aliphatic hydroxyl groups is 1. The van der Waals surface area contributed by atoms with Crippen LogP contribution in [0.15, 0.2) is 23.0 Å². The molecule has 0 atom stereocenters. The molecule has 0 amide bonds. The predicted molar refractivity (Wildman–Crippen MR) is 90.0 cm³/mol. The molecule has 1 heterocycles. The molecular formula is C17H19ClF2N2O3. The van der Waals surface area contributed by atoms with Crippen LogP contribution in [0.4, 0.5) is 8.78 Å². The molecule has 1 aromatic carbocycles. The molecule has 0 fully saturated rings. The van der Waals surface area contributed by atoms with E-state index in [0.29, 0.717) is 18.7 Å². The highest BCUT2D eigenvalue weighted by Crippen LogP contribution is 2.22. The lowest BCUT2D eigenvalue weighted by atomic mass is 10.2. The quantitative estimate of drug-likeness (QED) is 0.810. The number of aryl methyl sites for hydroxylation is 1. The summed E-state index contributed by atoms with van der Waals surface area (Å²) in [6, 6.07) is 2.94. The zero-order valence-corrected chi connectivity index (χ0v) is 14.7. The molecule has 8 heteroatoms. The van der Waals surface area contributed by atoms with E-state index in [1.165, 1.54) is 10.6 Å². The smallest absolute Gasteiger partial charge is 0.276 e. The van der Waals surface area contributed by atoms with E-state index in [0.717, 1.165) is 12.1 Å². The van der Waals surface area contributed by atoms with Crippen LogP contribution >= 0.6 is 11.6 Å². The van der Waals surface area contributed by atoms with Gasteiger partial charge < -0.3 is 9.84 Å². The monoisotopic (exact) mass is 372 g/mol. The number of rotatable bonds is 7. The lowest BCUT2D eigenvalue weighted by molar-refractivity contribution is 0.276. The van der Waals surface area contributed by atoms with Crippen LogP contribution in [0.2, 0.25) is 5.02 Å². The third-order valence-electron chi connectivity index (χ3n) is 3.56. The Labute approximate surface area is 148 Å². The first-order valence-corrected chi connectivity index (χ1v) is 8.21. The maximum Gasteiger partial charge on any atom is 0.276 e. The molecule has 0 radical (unpaired) electrons. The molecule has 0 saturated carbocycles. The van der Waals surface area contributed by atoms with Gasteiger partial charge >= 0.3 is 0 Å². The van der Waals surface area contributed by atoms with Gasteiger partial charge in [-0.15, -0.1) is 0 Å². The summed E-state index contributed by atoms with van der Waals surface area (Å²) in [6.07, 6.45) is 0.787. The Kier molecular flexibility index (Phi) is 6.50. The molecule has 0 unspecified atom stereocenters. The highest BCUT2D eigenvalue weighted by molar-refractivity contribution is 6.31. The van der Waals surface area contributed by atoms with Crippen molar-refractivity contribution in [2.24, 2.45) is 0 Å². The maximum absolute atomic E-state index is 13.7. The topological polar surface area (TPSA) is 64.3 Å². The van der Waals surface area contributed by atoms with Crippen molar-refractivity contribution in [2.45, 2.75) is 39.3 Å². The molecule has 0 aliphatic heterocycles. The van der Waals surface area contributed by atoms with Crippen molar-refractivity contribution in [3.05, 3.63) is 56.6 Å². The van der Waals surface area contributed by atoms with Crippen LogP contribution in [0, 0.1) is 11.6 Å². The van der Waals surface area contributed by atoms with Crippen LogP contribution < -0.4 is 10.3 Å². The first-order valence-electron chi connectivity index (χ1n) is 7.83. The Morgan fingerprint density at radius 2 is 2.08 bits per heavy atom. The molecule has 2 rings (SSSR count). The van der Waals surface area contributed by atoms with Gasteiger partial charge in [0.15, 0.2) is 5.02 Å². The minimum Gasteiger partial charge on any atom is -0.471 e. The summed E-state index contributed by atoms with van der Waals surface area (Å²) < 4.78 is 33.5. The Bertz CT molecular complexity index is 809. The van der Waals surface area contributed by atoms with Crippen LogP contribution in [0.5, 0.6) is 5.88 Å². The van der Waals surface area contributed by atoms with E-state index in [4.69, 9.17) is 21.4 Å². The standard InChI is InChI=1S/C17H19ClF2N2O3/c1-10(2)22-14(4-3-7-23)21-16(15(18)17(22)24)25-9-11-5-6-12(19)8-13(11)20/h5-6,8,10,23H,3-4,7,9H2,1-2H3. The molecule has 0 spiro atoms. The maximum atomic E-state index is 13.7. The van der Waals surface area contributed by atoms with Crippen molar-refractivity contribution in [1.82, 2.24) is 9.55 Å². The number of benzene rings is 1. The summed E-state index contributed by atoms with van der Waals surface area (Å²) >= 11 is 6.06. The molecule has 0 saturated heterocycles. The fourth-order valence-corrected chi connectivity index (χ4v) is 2.55. The lowest BCUT2D eigenvalue weighted by Gasteiger charge is -2.17. The molecule has 0 bridgehead atoms. The first-order chi connectivity index (χ1) is 11.8. The van der Waals surface area contributed by atoms with Gasteiger partial charge in [-0.05, 0) is 32.4 Å². The molecular weight excluding hydrogens is 354 g/mol. The van der Waals surface area contributed by atoms with E-state index in [2.05, 4.69) is 4.98 Å². The molecule has 0 aliphatic rings. The van der Waals surface area contributed by atoms with Gasteiger partial charge in [0.2, 0.25) is 5.88 Å². The van der Waals surface area contributed by atoms with E-state index in [1.54, 1.807) is 0 Å². The van der Waals surface area contributed by atoms with Gasteiger partial charge in [-0.2, -0.15) is 4.98 Å². The Morgan fingerprint density at radius 3 is 2.68 bits per heavy atom. The van der Waals surface area contributed by atoms with E-state index in [-0.39, 0.29) is 35.7 Å². The Morgan fingerprint density at radius 1 is 1.36 bits per heavy atom. The Hall–Kier alpha value is -1.99. The van der Waals surface area contributed by atoms with Crippen LogP contribution in [0.1, 0.15) is 37.7 Å². The van der Waals surface area contributed by atoms with Gasteiger partial charge in [0.1, 0.15) is 24.1 Å². The zero-order valence-electron chi connectivity index (χ0n) is 13.9. The molecule has 136 valence electrons. The summed E-state index contributed by atoms with van der Waals surface area (Å²) in [5.74, 6) is -1.14. The summed E-state index contributed by atoms with van der Waals surface area (Å²) in [6.45, 7) is 3.34. The summed E-state index contributed by atoms with van der Waals surface area (Å²) in [4.78, 5) is 16.7. The van der Waals surface area contributed by atoms with Crippen molar-refractivity contribution in [2.75, 3.05) is 6.61 Å². The molecule has 1 aromatic heterocycles. The molecule has 0 aliphatic carbocycles. The van der Waals surface area contributed by atoms with Gasteiger partial charge in [0.05, 0.1) is 0 Å². The third-order valence-corrected chi connectivity index (χ3v) is 3.88. The minimum absolute atomic E-state index is 0.0480. The van der Waals surface area contributed by atoms with Gasteiger partial charge in [0, 0.05) is 30.7 Å². The van der Waals surface area contributed by atoms with Crippen molar-refractivity contribution in [3.8, 4) is 5.88 Å². The van der Waals surface area contributed by atoms with Crippen molar-refractivity contribution < 1.29 is 18.6 Å². The van der Waals surface area contributed by atoms with Crippen LogP contribution in [0.25, 0.3) is 0 Å². The summed E-state index contributed by atoms with van der Waals surface area (Å²) in [5.41, 5.74) is -0.349.